The Kier molecular flexibility index (Phi) is 5.37. The fourth-order valence-corrected chi connectivity index (χ4v) is 2.77. The predicted molar refractivity (Wildman–Crippen MR) is 79.1 cm³/mol. The van der Waals surface area contributed by atoms with Crippen molar-refractivity contribution in [1.82, 2.24) is 5.32 Å². The van der Waals surface area contributed by atoms with E-state index in [2.05, 4.69) is 17.6 Å². The van der Waals surface area contributed by atoms with Crippen molar-refractivity contribution in [2.24, 2.45) is 0 Å². The van der Waals surface area contributed by atoms with E-state index in [4.69, 9.17) is 5.26 Å². The van der Waals surface area contributed by atoms with E-state index in [1.165, 1.54) is 31.7 Å². The molecule has 4 heteroatoms. The summed E-state index contributed by atoms with van der Waals surface area (Å²) in [4.78, 5) is 0. The lowest BCUT2D eigenvalue weighted by atomic mass is 10.0. The summed E-state index contributed by atoms with van der Waals surface area (Å²) in [7, 11) is 0. The van der Waals surface area contributed by atoms with Crippen LogP contribution >= 0.6 is 0 Å². The number of rotatable bonds is 4. The molecule has 1 saturated heterocycles. The highest BCUT2D eigenvalue weighted by atomic mass is 19.1. The van der Waals surface area contributed by atoms with E-state index < -0.39 is 5.82 Å². The third-order valence-electron chi connectivity index (χ3n) is 3.80. The van der Waals surface area contributed by atoms with Crippen LogP contribution in [0.1, 0.15) is 44.6 Å². The number of nitriles is 1. The molecule has 2 unspecified atom stereocenters. The molecule has 0 bridgehead atoms. The molecule has 1 heterocycles. The Hall–Kier alpha value is -1.60. The monoisotopic (exact) mass is 275 g/mol. The number of benzene rings is 1. The maximum absolute atomic E-state index is 13.3. The van der Waals surface area contributed by atoms with Crippen molar-refractivity contribution in [3.8, 4) is 6.07 Å². The van der Waals surface area contributed by atoms with Crippen LogP contribution in [0.4, 0.5) is 10.1 Å². The smallest absolute Gasteiger partial charge is 0.141 e. The van der Waals surface area contributed by atoms with Crippen LogP contribution in [0, 0.1) is 17.1 Å². The highest BCUT2D eigenvalue weighted by Gasteiger charge is 2.15. The van der Waals surface area contributed by atoms with Gasteiger partial charge >= 0.3 is 0 Å². The summed E-state index contributed by atoms with van der Waals surface area (Å²) in [5.41, 5.74) is 0.902. The van der Waals surface area contributed by atoms with Crippen LogP contribution in [0.25, 0.3) is 0 Å². The molecular formula is C16H22FN3. The third kappa shape index (κ3) is 4.21. The molecule has 0 aromatic heterocycles. The standard InChI is InChI=1S/C16H22FN3/c1-12(9-14-5-3-2-4-8-19-14)20-15-6-7-16(17)13(10-15)11-18/h6-7,10,12,14,19-20H,2-5,8-9H2,1H3. The summed E-state index contributed by atoms with van der Waals surface area (Å²) in [5.74, 6) is -0.462. The maximum Gasteiger partial charge on any atom is 0.141 e. The zero-order valence-corrected chi connectivity index (χ0v) is 12.0. The van der Waals surface area contributed by atoms with Gasteiger partial charge in [-0.1, -0.05) is 12.8 Å². The van der Waals surface area contributed by atoms with Gasteiger partial charge in [-0.15, -0.1) is 0 Å². The Morgan fingerprint density at radius 2 is 2.30 bits per heavy atom. The molecule has 108 valence electrons. The van der Waals surface area contributed by atoms with Crippen LogP contribution in [0.15, 0.2) is 18.2 Å². The minimum Gasteiger partial charge on any atom is -0.382 e. The van der Waals surface area contributed by atoms with Crippen molar-refractivity contribution in [2.75, 3.05) is 11.9 Å². The third-order valence-corrected chi connectivity index (χ3v) is 3.80. The Bertz CT molecular complexity index is 473. The molecule has 0 amide bonds. The van der Waals surface area contributed by atoms with Gasteiger partial charge in [0.25, 0.3) is 0 Å². The lowest BCUT2D eigenvalue weighted by Crippen LogP contribution is -2.33. The quantitative estimate of drug-likeness (QED) is 0.885. The van der Waals surface area contributed by atoms with E-state index in [1.54, 1.807) is 12.1 Å². The highest BCUT2D eigenvalue weighted by Crippen LogP contribution is 2.18. The van der Waals surface area contributed by atoms with Gasteiger partial charge in [-0.3, -0.25) is 0 Å². The Balaban J connectivity index is 1.90. The van der Waals surface area contributed by atoms with E-state index in [1.807, 2.05) is 6.07 Å². The molecule has 1 fully saturated rings. The molecule has 1 aromatic rings. The van der Waals surface area contributed by atoms with Crippen molar-refractivity contribution >= 4 is 5.69 Å². The van der Waals surface area contributed by atoms with Crippen molar-refractivity contribution < 1.29 is 4.39 Å². The van der Waals surface area contributed by atoms with Gasteiger partial charge in [0.05, 0.1) is 5.56 Å². The van der Waals surface area contributed by atoms with Crippen LogP contribution in [-0.4, -0.2) is 18.6 Å². The first kappa shape index (κ1) is 14.8. The van der Waals surface area contributed by atoms with Crippen molar-refractivity contribution in [3.05, 3.63) is 29.6 Å². The Labute approximate surface area is 120 Å². The zero-order valence-electron chi connectivity index (χ0n) is 12.0. The van der Waals surface area contributed by atoms with Crippen LogP contribution in [0.2, 0.25) is 0 Å². The van der Waals surface area contributed by atoms with Crippen molar-refractivity contribution in [2.45, 2.75) is 51.1 Å². The van der Waals surface area contributed by atoms with Gasteiger partial charge in [-0.25, -0.2) is 4.39 Å². The second kappa shape index (κ2) is 7.25. The van der Waals surface area contributed by atoms with Crippen LogP contribution in [0.3, 0.4) is 0 Å². The van der Waals surface area contributed by atoms with Crippen molar-refractivity contribution in [3.63, 3.8) is 0 Å². The summed E-state index contributed by atoms with van der Waals surface area (Å²) < 4.78 is 13.3. The molecule has 1 aromatic carbocycles. The predicted octanol–water partition coefficient (Wildman–Crippen LogP) is 3.42. The Morgan fingerprint density at radius 3 is 3.10 bits per heavy atom. The normalized spacial score (nSPS) is 20.8. The fraction of sp³-hybridized carbons (Fsp3) is 0.562. The molecule has 2 N–H and O–H groups in total. The fourth-order valence-electron chi connectivity index (χ4n) is 2.77. The molecule has 0 saturated carbocycles. The van der Waals surface area contributed by atoms with Crippen LogP contribution in [-0.2, 0) is 0 Å². The van der Waals surface area contributed by atoms with E-state index in [-0.39, 0.29) is 5.56 Å². The van der Waals surface area contributed by atoms with E-state index >= 15 is 0 Å². The summed E-state index contributed by atoms with van der Waals surface area (Å²) >= 11 is 0. The maximum atomic E-state index is 13.3. The molecule has 0 radical (unpaired) electrons. The molecular weight excluding hydrogens is 253 g/mol. The molecule has 0 aliphatic carbocycles. The number of anilines is 1. The second-order valence-electron chi connectivity index (χ2n) is 5.59. The van der Waals surface area contributed by atoms with Crippen molar-refractivity contribution in [1.29, 1.82) is 5.26 Å². The molecule has 1 aliphatic heterocycles. The topological polar surface area (TPSA) is 47.8 Å². The largest absolute Gasteiger partial charge is 0.382 e. The van der Waals surface area contributed by atoms with Gasteiger partial charge in [0.2, 0.25) is 0 Å². The number of nitrogens with one attached hydrogen (secondary N) is 2. The lowest BCUT2D eigenvalue weighted by molar-refractivity contribution is 0.456. The number of hydrogen-bond donors (Lipinski definition) is 2. The average molecular weight is 275 g/mol. The highest BCUT2D eigenvalue weighted by molar-refractivity contribution is 5.50. The molecule has 0 spiro atoms. The van der Waals surface area contributed by atoms with E-state index in [0.29, 0.717) is 12.1 Å². The van der Waals surface area contributed by atoms with Gasteiger partial charge < -0.3 is 10.6 Å². The van der Waals surface area contributed by atoms with Gasteiger partial charge in [-0.05, 0) is 50.9 Å². The van der Waals surface area contributed by atoms with Gasteiger partial charge in [0.15, 0.2) is 0 Å². The van der Waals surface area contributed by atoms with Gasteiger partial charge in [0, 0.05) is 17.8 Å². The van der Waals surface area contributed by atoms with Gasteiger partial charge in [0.1, 0.15) is 11.9 Å². The van der Waals surface area contributed by atoms with E-state index in [0.717, 1.165) is 18.7 Å². The van der Waals surface area contributed by atoms with Crippen LogP contribution < -0.4 is 10.6 Å². The number of hydrogen-bond acceptors (Lipinski definition) is 3. The molecule has 3 nitrogen and oxygen atoms in total. The number of nitrogens with zero attached hydrogens (tertiary/aromatic N) is 1. The summed E-state index contributed by atoms with van der Waals surface area (Å²) in [6.45, 7) is 3.23. The first-order chi connectivity index (χ1) is 9.69. The lowest BCUT2D eigenvalue weighted by Gasteiger charge is -2.22. The first-order valence-electron chi connectivity index (χ1n) is 7.38. The minimum absolute atomic E-state index is 0.0924. The second-order valence-corrected chi connectivity index (χ2v) is 5.59. The Morgan fingerprint density at radius 1 is 1.45 bits per heavy atom. The summed E-state index contributed by atoms with van der Waals surface area (Å²) in [6.07, 6.45) is 6.13. The molecule has 2 rings (SSSR count). The van der Waals surface area contributed by atoms with Gasteiger partial charge in [-0.2, -0.15) is 5.26 Å². The average Bonchev–Trinajstić information content (AvgIpc) is 2.69. The number of halogens is 1. The SMILES string of the molecule is CC(CC1CCCCCN1)Nc1ccc(F)c(C#N)c1. The van der Waals surface area contributed by atoms with E-state index in [9.17, 15) is 4.39 Å². The molecule has 1 aliphatic rings. The first-order valence-corrected chi connectivity index (χ1v) is 7.38. The molecule has 20 heavy (non-hydrogen) atoms. The molecule has 2 atom stereocenters. The minimum atomic E-state index is -0.462. The summed E-state index contributed by atoms with van der Waals surface area (Å²) in [6, 6.07) is 7.33. The van der Waals surface area contributed by atoms with Crippen LogP contribution in [0.5, 0.6) is 0 Å². The summed E-state index contributed by atoms with van der Waals surface area (Å²) in [5, 5.41) is 15.8. The zero-order chi connectivity index (χ0) is 14.4.